The van der Waals surface area contributed by atoms with Crippen LogP contribution in [0.1, 0.15) is 10.4 Å². The quantitative estimate of drug-likeness (QED) is 0.742. The minimum absolute atomic E-state index is 0.396. The maximum absolute atomic E-state index is 11.2. The number of anilines is 1. The molecule has 4 heteroatoms. The van der Waals surface area contributed by atoms with Crippen LogP contribution in [0.5, 0.6) is 0 Å². The van der Waals surface area contributed by atoms with Gasteiger partial charge < -0.3 is 10.1 Å². The summed E-state index contributed by atoms with van der Waals surface area (Å²) >= 11 is 5.86. The summed E-state index contributed by atoms with van der Waals surface area (Å²) in [5.41, 5.74) is 1.04. The van der Waals surface area contributed by atoms with Crippen molar-refractivity contribution in [1.29, 1.82) is 0 Å². The zero-order valence-corrected chi connectivity index (χ0v) is 8.18. The highest BCUT2D eigenvalue weighted by Gasteiger charge is 2.12. The van der Waals surface area contributed by atoms with Crippen molar-refractivity contribution >= 4 is 23.3 Å². The number of halogens is 1. The Kier molecular flexibility index (Phi) is 3.14. The molecule has 0 radical (unpaired) electrons. The molecule has 1 rings (SSSR count). The highest BCUT2D eigenvalue weighted by molar-refractivity contribution is 6.34. The van der Waals surface area contributed by atoms with Crippen molar-refractivity contribution in [2.24, 2.45) is 0 Å². The number of hydrogen-bond donors (Lipinski definition) is 1. The van der Waals surface area contributed by atoms with Crippen LogP contribution in [0, 0.1) is 0 Å². The summed E-state index contributed by atoms with van der Waals surface area (Å²) in [6.45, 7) is 0. The average Bonchev–Trinajstić information content (AvgIpc) is 2.16. The van der Waals surface area contributed by atoms with E-state index in [1.807, 2.05) is 0 Å². The van der Waals surface area contributed by atoms with Crippen LogP contribution >= 0.6 is 11.6 Å². The summed E-state index contributed by atoms with van der Waals surface area (Å²) < 4.78 is 4.60. The maximum Gasteiger partial charge on any atom is 0.340 e. The third kappa shape index (κ3) is 1.92. The first-order chi connectivity index (χ1) is 6.20. The number of methoxy groups -OCH3 is 1. The van der Waals surface area contributed by atoms with Gasteiger partial charge >= 0.3 is 5.97 Å². The SMILES string of the molecule is CNc1c(Cl)cccc1C(=O)OC. The maximum atomic E-state index is 11.2. The van der Waals surface area contributed by atoms with Crippen molar-refractivity contribution in [3.8, 4) is 0 Å². The van der Waals surface area contributed by atoms with Crippen LogP contribution < -0.4 is 5.32 Å². The summed E-state index contributed by atoms with van der Waals surface area (Å²) in [5, 5.41) is 3.35. The molecule has 0 unspecified atom stereocenters. The first-order valence-corrected chi connectivity index (χ1v) is 4.13. The molecule has 1 aromatic rings. The third-order valence-electron chi connectivity index (χ3n) is 1.67. The Morgan fingerprint density at radius 1 is 1.54 bits per heavy atom. The van der Waals surface area contributed by atoms with Crippen molar-refractivity contribution < 1.29 is 9.53 Å². The molecular weight excluding hydrogens is 190 g/mol. The number of ether oxygens (including phenoxy) is 1. The van der Waals surface area contributed by atoms with E-state index in [2.05, 4.69) is 10.1 Å². The average molecular weight is 200 g/mol. The first-order valence-electron chi connectivity index (χ1n) is 3.75. The van der Waals surface area contributed by atoms with Gasteiger partial charge in [-0.15, -0.1) is 0 Å². The Morgan fingerprint density at radius 2 is 2.23 bits per heavy atom. The molecule has 0 fully saturated rings. The number of para-hydroxylation sites is 1. The van der Waals surface area contributed by atoms with Crippen molar-refractivity contribution in [3.63, 3.8) is 0 Å². The second-order valence-corrected chi connectivity index (χ2v) is 2.81. The number of nitrogens with one attached hydrogen (secondary N) is 1. The molecule has 0 aromatic heterocycles. The largest absolute Gasteiger partial charge is 0.465 e. The van der Waals surface area contributed by atoms with Gasteiger partial charge in [0.25, 0.3) is 0 Å². The lowest BCUT2D eigenvalue weighted by Crippen LogP contribution is -2.05. The van der Waals surface area contributed by atoms with Gasteiger partial charge in [0.2, 0.25) is 0 Å². The van der Waals surface area contributed by atoms with E-state index in [1.54, 1.807) is 25.2 Å². The second kappa shape index (κ2) is 4.14. The van der Waals surface area contributed by atoms with E-state index >= 15 is 0 Å². The molecule has 0 spiro atoms. The van der Waals surface area contributed by atoms with Crippen molar-refractivity contribution in [2.45, 2.75) is 0 Å². The van der Waals surface area contributed by atoms with Crippen LogP contribution in [-0.2, 0) is 4.74 Å². The molecule has 0 bridgehead atoms. The number of carbonyl (C=O) groups is 1. The topological polar surface area (TPSA) is 38.3 Å². The van der Waals surface area contributed by atoms with Crippen LogP contribution in [0.15, 0.2) is 18.2 Å². The lowest BCUT2D eigenvalue weighted by atomic mass is 10.2. The van der Waals surface area contributed by atoms with Crippen LogP contribution in [0.4, 0.5) is 5.69 Å². The Labute approximate surface area is 81.7 Å². The van der Waals surface area contributed by atoms with E-state index in [0.29, 0.717) is 16.3 Å². The van der Waals surface area contributed by atoms with Gasteiger partial charge in [0.15, 0.2) is 0 Å². The molecular formula is C9H10ClNO2. The van der Waals surface area contributed by atoms with E-state index in [-0.39, 0.29) is 0 Å². The van der Waals surface area contributed by atoms with E-state index < -0.39 is 5.97 Å². The second-order valence-electron chi connectivity index (χ2n) is 2.40. The van der Waals surface area contributed by atoms with Gasteiger partial charge in [0, 0.05) is 7.05 Å². The molecule has 0 heterocycles. The van der Waals surface area contributed by atoms with E-state index in [9.17, 15) is 4.79 Å². The molecule has 0 aliphatic rings. The smallest absolute Gasteiger partial charge is 0.340 e. The van der Waals surface area contributed by atoms with Gasteiger partial charge in [-0.3, -0.25) is 0 Å². The molecule has 1 N–H and O–H groups in total. The third-order valence-corrected chi connectivity index (χ3v) is 1.98. The minimum atomic E-state index is -0.396. The van der Waals surface area contributed by atoms with Crippen molar-refractivity contribution in [3.05, 3.63) is 28.8 Å². The van der Waals surface area contributed by atoms with Crippen LogP contribution in [0.2, 0.25) is 5.02 Å². The standard InChI is InChI=1S/C9H10ClNO2/c1-11-8-6(9(12)13-2)4-3-5-7(8)10/h3-5,11H,1-2H3. The number of hydrogen-bond acceptors (Lipinski definition) is 3. The van der Waals surface area contributed by atoms with Gasteiger partial charge in [-0.1, -0.05) is 17.7 Å². The van der Waals surface area contributed by atoms with Crippen LogP contribution in [-0.4, -0.2) is 20.1 Å². The molecule has 0 saturated carbocycles. The Hall–Kier alpha value is -1.22. The number of esters is 1. The van der Waals surface area contributed by atoms with Crippen LogP contribution in [0.3, 0.4) is 0 Å². The molecule has 13 heavy (non-hydrogen) atoms. The molecule has 0 amide bonds. The molecule has 0 aliphatic heterocycles. The van der Waals surface area contributed by atoms with E-state index in [0.717, 1.165) is 0 Å². The summed E-state index contributed by atoms with van der Waals surface area (Å²) in [4.78, 5) is 11.2. The normalized spacial score (nSPS) is 9.46. The number of rotatable bonds is 2. The van der Waals surface area contributed by atoms with E-state index in [1.165, 1.54) is 7.11 Å². The van der Waals surface area contributed by atoms with E-state index in [4.69, 9.17) is 11.6 Å². The molecule has 0 atom stereocenters. The Bertz CT molecular complexity index is 325. The fourth-order valence-electron chi connectivity index (χ4n) is 1.06. The van der Waals surface area contributed by atoms with Gasteiger partial charge in [-0.25, -0.2) is 4.79 Å². The fourth-order valence-corrected chi connectivity index (χ4v) is 1.33. The van der Waals surface area contributed by atoms with Gasteiger partial charge in [0.05, 0.1) is 23.4 Å². The fraction of sp³-hybridized carbons (Fsp3) is 0.222. The van der Waals surface area contributed by atoms with Crippen LogP contribution in [0.25, 0.3) is 0 Å². The predicted molar refractivity (Wildman–Crippen MR) is 52.3 cm³/mol. The monoisotopic (exact) mass is 199 g/mol. The summed E-state index contributed by atoms with van der Waals surface area (Å²) in [6.07, 6.45) is 0. The summed E-state index contributed by atoms with van der Waals surface area (Å²) in [7, 11) is 3.04. The highest BCUT2D eigenvalue weighted by atomic mass is 35.5. The summed E-state index contributed by atoms with van der Waals surface area (Å²) in [6, 6.07) is 5.07. The predicted octanol–water partition coefficient (Wildman–Crippen LogP) is 2.17. The van der Waals surface area contributed by atoms with Gasteiger partial charge in [0.1, 0.15) is 0 Å². The lowest BCUT2D eigenvalue weighted by molar-refractivity contribution is 0.0602. The zero-order chi connectivity index (χ0) is 9.84. The van der Waals surface area contributed by atoms with Gasteiger partial charge in [-0.05, 0) is 12.1 Å². The Balaban J connectivity index is 3.20. The van der Waals surface area contributed by atoms with Crippen molar-refractivity contribution in [1.82, 2.24) is 0 Å². The molecule has 3 nitrogen and oxygen atoms in total. The molecule has 1 aromatic carbocycles. The van der Waals surface area contributed by atoms with Gasteiger partial charge in [-0.2, -0.15) is 0 Å². The zero-order valence-electron chi connectivity index (χ0n) is 7.43. The number of carbonyl (C=O) groups excluding carboxylic acids is 1. The lowest BCUT2D eigenvalue weighted by Gasteiger charge is -2.08. The summed E-state index contributed by atoms with van der Waals surface area (Å²) in [5.74, 6) is -0.396. The first kappa shape index (κ1) is 9.86. The van der Waals surface area contributed by atoms with Crippen molar-refractivity contribution in [2.75, 3.05) is 19.5 Å². The number of benzene rings is 1. The molecule has 0 aliphatic carbocycles. The Morgan fingerprint density at radius 3 is 2.77 bits per heavy atom. The minimum Gasteiger partial charge on any atom is -0.465 e. The highest BCUT2D eigenvalue weighted by Crippen LogP contribution is 2.25. The molecule has 70 valence electrons. The molecule has 0 saturated heterocycles.